The lowest BCUT2D eigenvalue weighted by Gasteiger charge is -2.39. The number of hydrogen-bond acceptors (Lipinski definition) is 12. The SMILES string of the molecule is CCn1c(-c2cccnc2[C@H](C)OC)c2c3cc(ccc31)-c1csc(n1)C[C@H](NC(=O)[C@H](C(C)C)N(C)C(=O)[C@H]1CCN(C/C=C/C(=O)N(C)C)C1)C(=O)N1CCC[C@H](N1)C(O)OCC(C)(C)C2. The molecule has 7 rings (SSSR count). The normalized spacial score (nSPS) is 22.4. The van der Waals surface area contributed by atoms with Crippen LogP contribution in [0.5, 0.6) is 0 Å². The van der Waals surface area contributed by atoms with Crippen molar-refractivity contribution in [2.45, 2.75) is 111 Å². The number of methoxy groups -OCH3 is 1. The van der Waals surface area contributed by atoms with Crippen molar-refractivity contribution in [1.29, 1.82) is 0 Å². The largest absolute Gasteiger partial charge is 0.375 e. The van der Waals surface area contributed by atoms with E-state index in [1.165, 1.54) is 26.1 Å². The van der Waals surface area contributed by atoms with Crippen molar-refractivity contribution in [1.82, 2.24) is 45.0 Å². The number of amides is 4. The van der Waals surface area contributed by atoms with Crippen molar-refractivity contribution < 1.29 is 33.8 Å². The van der Waals surface area contributed by atoms with E-state index in [0.717, 1.165) is 44.7 Å². The van der Waals surface area contributed by atoms with Gasteiger partial charge >= 0.3 is 0 Å². The minimum Gasteiger partial charge on any atom is -0.375 e. The number of hydrogen-bond donors (Lipinski definition) is 3. The first-order valence-electron chi connectivity index (χ1n) is 24.0. The quantitative estimate of drug-likeness (QED) is 0.154. The third-order valence-corrected chi connectivity index (χ3v) is 14.5. The molecule has 6 heterocycles. The number of fused-ring (bicyclic) bond motifs is 6. The maximum atomic E-state index is 14.7. The van der Waals surface area contributed by atoms with E-state index in [2.05, 4.69) is 65.2 Å². The number of thiazole rings is 1. The zero-order chi connectivity index (χ0) is 49.0. The monoisotopic (exact) mass is 954 g/mol. The molecule has 0 aliphatic carbocycles. The van der Waals surface area contributed by atoms with Crippen LogP contribution in [-0.4, -0.2) is 148 Å². The van der Waals surface area contributed by atoms with E-state index in [1.54, 1.807) is 40.5 Å². The molecule has 6 bridgehead atoms. The Morgan fingerprint density at radius 3 is 2.63 bits per heavy atom. The summed E-state index contributed by atoms with van der Waals surface area (Å²) >= 11 is 1.43. The van der Waals surface area contributed by atoms with Crippen molar-refractivity contribution in [3.05, 3.63) is 70.3 Å². The maximum absolute atomic E-state index is 14.7. The second-order valence-corrected chi connectivity index (χ2v) is 20.9. The number of likely N-dealkylation sites (N-methyl/N-ethyl adjacent to an activating group) is 2. The molecule has 3 aliphatic rings. The molecular formula is C51H71N9O7S. The number of benzene rings is 1. The van der Waals surface area contributed by atoms with Crippen LogP contribution in [-0.2, 0) is 48.0 Å². The average molecular weight is 954 g/mol. The number of carbonyl (C=O) groups excluding carboxylic acids is 4. The lowest BCUT2D eigenvalue weighted by Crippen LogP contribution is -2.62. The molecule has 3 N–H and O–H groups in total. The second kappa shape index (κ2) is 21.7. The highest BCUT2D eigenvalue weighted by Gasteiger charge is 2.40. The lowest BCUT2D eigenvalue weighted by molar-refractivity contribution is -0.164. The summed E-state index contributed by atoms with van der Waals surface area (Å²) in [4.78, 5) is 70.5. The number of rotatable bonds is 12. The summed E-state index contributed by atoms with van der Waals surface area (Å²) in [6, 6.07) is 8.02. The zero-order valence-corrected chi connectivity index (χ0v) is 42.3. The number of carbonyl (C=O) groups is 4. The predicted molar refractivity (Wildman–Crippen MR) is 264 cm³/mol. The number of aliphatic hydroxyl groups is 1. The van der Waals surface area contributed by atoms with Gasteiger partial charge in [0.25, 0.3) is 5.91 Å². The minimum absolute atomic E-state index is 0.0985. The van der Waals surface area contributed by atoms with Gasteiger partial charge < -0.3 is 34.3 Å². The van der Waals surface area contributed by atoms with Crippen LogP contribution >= 0.6 is 11.3 Å². The Morgan fingerprint density at radius 2 is 1.91 bits per heavy atom. The molecule has 3 aliphatic heterocycles. The first-order chi connectivity index (χ1) is 32.4. The van der Waals surface area contributed by atoms with Gasteiger partial charge in [-0.25, -0.2) is 10.4 Å². The molecule has 1 unspecified atom stereocenters. The molecule has 4 aromatic rings. The van der Waals surface area contributed by atoms with E-state index >= 15 is 0 Å². The molecule has 2 fully saturated rings. The summed E-state index contributed by atoms with van der Waals surface area (Å²) in [6.45, 7) is 15.3. The number of pyridine rings is 1. The van der Waals surface area contributed by atoms with Crippen LogP contribution in [0.25, 0.3) is 33.4 Å². The number of aryl methyl sites for hydroxylation is 1. The van der Waals surface area contributed by atoms with Gasteiger partial charge in [0.1, 0.15) is 12.1 Å². The second-order valence-electron chi connectivity index (χ2n) is 19.9. The lowest BCUT2D eigenvalue weighted by atomic mass is 9.84. The first kappa shape index (κ1) is 50.8. The molecule has 3 aromatic heterocycles. The zero-order valence-electron chi connectivity index (χ0n) is 41.5. The molecule has 6 atom stereocenters. The number of hydrazine groups is 1. The molecule has 2 saturated heterocycles. The Bertz CT molecular complexity index is 2480. The van der Waals surface area contributed by atoms with Crippen LogP contribution in [0, 0.1) is 17.3 Å². The number of aliphatic hydroxyl groups excluding tert-OH is 1. The van der Waals surface area contributed by atoms with E-state index in [4.69, 9.17) is 19.4 Å². The van der Waals surface area contributed by atoms with E-state index < -0.39 is 35.7 Å². The van der Waals surface area contributed by atoms with Crippen LogP contribution in [0.4, 0.5) is 0 Å². The Kier molecular flexibility index (Phi) is 16.2. The minimum atomic E-state index is -1.22. The summed E-state index contributed by atoms with van der Waals surface area (Å²) in [5.41, 5.74) is 9.60. The van der Waals surface area contributed by atoms with Gasteiger partial charge in [-0.2, -0.15) is 0 Å². The summed E-state index contributed by atoms with van der Waals surface area (Å²) in [5, 5.41) is 19.9. The summed E-state index contributed by atoms with van der Waals surface area (Å²) in [6.07, 6.45) is 6.23. The van der Waals surface area contributed by atoms with Crippen molar-refractivity contribution in [2.75, 3.05) is 61.0 Å². The fourth-order valence-corrected chi connectivity index (χ4v) is 10.8. The van der Waals surface area contributed by atoms with Gasteiger partial charge in [-0.1, -0.05) is 39.8 Å². The highest BCUT2D eigenvalue weighted by atomic mass is 32.1. The van der Waals surface area contributed by atoms with Crippen molar-refractivity contribution in [3.8, 4) is 22.5 Å². The van der Waals surface area contributed by atoms with E-state index in [1.807, 2.05) is 38.3 Å². The Morgan fingerprint density at radius 1 is 1.13 bits per heavy atom. The predicted octanol–water partition coefficient (Wildman–Crippen LogP) is 5.44. The molecule has 4 amide bonds. The van der Waals surface area contributed by atoms with Gasteiger partial charge in [-0.05, 0) is 87.2 Å². The fraction of sp³-hybridized carbons (Fsp3) is 0.569. The molecule has 368 valence electrons. The number of nitrogens with zero attached hydrogens (tertiary/aromatic N) is 7. The van der Waals surface area contributed by atoms with Crippen LogP contribution in [0.1, 0.15) is 83.2 Å². The van der Waals surface area contributed by atoms with Crippen LogP contribution in [0.15, 0.2) is 54.1 Å². The topological polar surface area (TPSA) is 175 Å². The number of ether oxygens (including phenoxy) is 2. The molecule has 0 saturated carbocycles. The highest BCUT2D eigenvalue weighted by Crippen LogP contribution is 2.42. The van der Waals surface area contributed by atoms with Crippen molar-refractivity contribution in [2.24, 2.45) is 17.3 Å². The molecule has 16 nitrogen and oxygen atoms in total. The number of likely N-dealkylation sites (tertiary alicyclic amines) is 1. The maximum Gasteiger partial charge on any atom is 0.259 e. The average Bonchev–Trinajstić information content (AvgIpc) is 4.07. The first-order valence-corrected chi connectivity index (χ1v) is 24.9. The van der Waals surface area contributed by atoms with E-state index in [-0.39, 0.29) is 48.7 Å². The summed E-state index contributed by atoms with van der Waals surface area (Å²) in [7, 11) is 6.76. The molecular weight excluding hydrogens is 883 g/mol. The third-order valence-electron chi connectivity index (χ3n) is 13.6. The van der Waals surface area contributed by atoms with Gasteiger partial charge in [0, 0.05) is 101 Å². The standard InChI is InChI=1S/C51H71N9O7S/c1-11-59-41-19-18-33-25-36(41)37(46(59)35-15-12-21-52-44(35)32(4)66-10)27-51(5,6)30-67-50(65)38-16-13-23-60(55-38)49(64)39(26-42-53-40(33)29-68-42)54-47(62)45(31(2)3)57(9)48(63)34-20-24-58(28-34)22-14-17-43(61)56(7)8/h12,14-15,17-19,21,25,29,31-32,34,38-39,45,50,55,65H,11,13,16,20,22-24,26-28,30H2,1-10H3,(H,54,62)/b17-14+/t32-,34-,38-,39-,45-,50?/m0/s1. The van der Waals surface area contributed by atoms with Gasteiger partial charge in [0.2, 0.25) is 17.7 Å². The smallest absolute Gasteiger partial charge is 0.259 e. The van der Waals surface area contributed by atoms with Crippen LogP contribution in [0.2, 0.25) is 0 Å². The van der Waals surface area contributed by atoms with Crippen LogP contribution in [0.3, 0.4) is 0 Å². The van der Waals surface area contributed by atoms with Crippen LogP contribution < -0.4 is 10.7 Å². The van der Waals surface area contributed by atoms with E-state index in [0.29, 0.717) is 63.4 Å². The summed E-state index contributed by atoms with van der Waals surface area (Å²) in [5.74, 6) is -1.62. The van der Waals surface area contributed by atoms with Gasteiger partial charge in [-0.15, -0.1) is 11.3 Å². The number of aromatic nitrogens is 3. The molecule has 0 spiro atoms. The third kappa shape index (κ3) is 11.2. The molecule has 17 heteroatoms. The fourth-order valence-electron chi connectivity index (χ4n) is 9.95. The van der Waals surface area contributed by atoms with Gasteiger partial charge in [-0.3, -0.25) is 34.1 Å². The van der Waals surface area contributed by atoms with Crippen molar-refractivity contribution in [3.63, 3.8) is 0 Å². The number of nitrogens with one attached hydrogen (secondary N) is 2. The van der Waals surface area contributed by atoms with E-state index in [9.17, 15) is 24.3 Å². The Hall–Kier alpha value is -5.04. The Labute approximate surface area is 405 Å². The van der Waals surface area contributed by atoms with Crippen molar-refractivity contribution >= 4 is 45.9 Å². The van der Waals surface area contributed by atoms with Gasteiger partial charge in [0.15, 0.2) is 6.29 Å². The summed E-state index contributed by atoms with van der Waals surface area (Å²) < 4.78 is 14.5. The molecule has 0 radical (unpaired) electrons. The molecule has 1 aromatic carbocycles. The highest BCUT2D eigenvalue weighted by molar-refractivity contribution is 7.10. The Balaban J connectivity index is 1.21. The molecule has 68 heavy (non-hydrogen) atoms. The van der Waals surface area contributed by atoms with Gasteiger partial charge in [0.05, 0.1) is 46.8 Å².